The van der Waals surface area contributed by atoms with Gasteiger partial charge in [0.05, 0.1) is 6.54 Å². The smallest absolute Gasteiger partial charge is 0.232 e. The van der Waals surface area contributed by atoms with E-state index in [1.807, 2.05) is 0 Å². The van der Waals surface area contributed by atoms with E-state index in [0.717, 1.165) is 0 Å². The largest absolute Gasteiger partial charge is 0.468 e. The van der Waals surface area contributed by atoms with Gasteiger partial charge in [0, 0.05) is 0 Å². The van der Waals surface area contributed by atoms with Crippen molar-refractivity contribution in [3.63, 3.8) is 0 Å². The third kappa shape index (κ3) is 8.30. The maximum atomic E-state index is 13.0. The first-order valence-corrected chi connectivity index (χ1v) is 7.82. The molecule has 0 spiro atoms. The predicted octanol–water partition coefficient (Wildman–Crippen LogP) is 5.77. The highest BCUT2D eigenvalue weighted by Gasteiger charge is 2.64. The molecule has 0 rings (SSSR count). The first-order chi connectivity index (χ1) is 10.9. The number of nitrogens with zero attached hydrogens (tertiary/aromatic N) is 3. The van der Waals surface area contributed by atoms with Crippen LogP contribution in [0.3, 0.4) is 0 Å². The Hall–Kier alpha value is 1.06. The van der Waals surface area contributed by atoms with Gasteiger partial charge < -0.3 is 0 Å². The molecule has 0 amide bonds. The van der Waals surface area contributed by atoms with Crippen molar-refractivity contribution in [1.82, 2.24) is 14.9 Å². The molecule has 0 N–H and O–H groups in total. The Bertz CT molecular complexity index is 404. The van der Waals surface area contributed by atoms with Gasteiger partial charge in [-0.25, -0.2) is 13.8 Å². The van der Waals surface area contributed by atoms with Gasteiger partial charge in [-0.2, -0.15) is 31.4 Å². The van der Waals surface area contributed by atoms with Gasteiger partial charge in [0.2, 0.25) is 7.59 Å². The van der Waals surface area contributed by atoms with Crippen LogP contribution >= 0.6 is 69.6 Å². The van der Waals surface area contributed by atoms with E-state index >= 15 is 0 Å². The van der Waals surface area contributed by atoms with Crippen molar-refractivity contribution in [3.8, 4) is 0 Å². The summed E-state index contributed by atoms with van der Waals surface area (Å²) in [5, 5.41) is -0.625. The van der Waals surface area contributed by atoms with E-state index in [-0.39, 0.29) is 10.0 Å². The molecule has 1 unspecified atom stereocenters. The summed E-state index contributed by atoms with van der Waals surface area (Å²) in [5.41, 5.74) is 0. The van der Waals surface area contributed by atoms with Gasteiger partial charge in [-0.15, -0.1) is 4.90 Å². The lowest BCUT2D eigenvalue weighted by Gasteiger charge is -2.46. The minimum atomic E-state index is -6.17. The summed E-state index contributed by atoms with van der Waals surface area (Å²) in [5.74, 6) is 0. The Balaban J connectivity index is 6.42. The first-order valence-electron chi connectivity index (χ1n) is 5.56. The lowest BCUT2D eigenvalue weighted by atomic mass is 10.4. The van der Waals surface area contributed by atoms with E-state index in [1.54, 1.807) is 0 Å². The van der Waals surface area contributed by atoms with Gasteiger partial charge in [0.1, 0.15) is 6.17 Å². The third-order valence-electron chi connectivity index (χ3n) is 2.35. The Kier molecular flexibility index (Phi) is 9.42. The molecule has 0 saturated carbocycles. The molecule has 0 aromatic carbocycles. The Labute approximate surface area is 166 Å². The molecule has 1 atom stereocenters. The van der Waals surface area contributed by atoms with Crippen LogP contribution in [0.1, 0.15) is 0 Å². The van der Waals surface area contributed by atoms with E-state index in [2.05, 4.69) is 0 Å². The molecule has 0 fully saturated rings. The van der Waals surface area contributed by atoms with Crippen LogP contribution in [0.25, 0.3) is 0 Å². The number of hydrazine groups is 1. The Morgan fingerprint density at radius 2 is 1.08 bits per heavy atom. The zero-order valence-electron chi connectivity index (χ0n) is 11.3. The van der Waals surface area contributed by atoms with Crippen molar-refractivity contribution in [2.75, 3.05) is 20.1 Å². The van der Waals surface area contributed by atoms with E-state index < -0.39 is 51.4 Å². The van der Waals surface area contributed by atoms with Crippen LogP contribution in [-0.4, -0.2) is 61.4 Å². The molecule has 0 aromatic heterocycles. The maximum absolute atomic E-state index is 13.0. The SMILES string of the molecule is FCN(CF)N(CC(Cl)(Cl)Cl)C(N(C(F)(F)F)C(F)(F)F)C(Cl)(Cl)Cl. The van der Waals surface area contributed by atoms with Gasteiger partial charge in [-0.3, -0.25) is 0 Å². The average Bonchev–Trinajstić information content (AvgIpc) is 2.30. The molecular formula is C8H7Cl6F8N3. The second-order valence-electron chi connectivity index (χ2n) is 4.18. The van der Waals surface area contributed by atoms with Crippen molar-refractivity contribution in [2.45, 2.75) is 26.4 Å². The van der Waals surface area contributed by atoms with Crippen LogP contribution in [0.15, 0.2) is 0 Å². The molecular weight excluding hydrogens is 503 g/mol. The standard InChI is InChI=1S/C8H7Cl6F8N3/c9-5(10,11)1-24(23(2-15)3-16)4(6(12,13)14)25(7(17,18)19)8(20,21)22/h4H,1-3H2. The molecule has 3 nitrogen and oxygen atoms in total. The molecule has 0 saturated heterocycles. The lowest BCUT2D eigenvalue weighted by molar-refractivity contribution is -0.405. The minimum absolute atomic E-state index is 0.307. The van der Waals surface area contributed by atoms with Crippen molar-refractivity contribution in [2.24, 2.45) is 0 Å². The summed E-state index contributed by atoms with van der Waals surface area (Å²) in [6.45, 7) is -5.22. The predicted molar refractivity (Wildman–Crippen MR) is 78.8 cm³/mol. The van der Waals surface area contributed by atoms with E-state index in [1.165, 1.54) is 0 Å². The van der Waals surface area contributed by atoms with Gasteiger partial charge in [-0.05, 0) is 0 Å². The molecule has 17 heteroatoms. The molecule has 0 aliphatic rings. The van der Waals surface area contributed by atoms with Crippen LogP contribution in [0, 0.1) is 0 Å². The monoisotopic (exact) mass is 507 g/mol. The molecule has 152 valence electrons. The number of hydrogen-bond donors (Lipinski definition) is 0. The Morgan fingerprint density at radius 1 is 0.720 bits per heavy atom. The van der Waals surface area contributed by atoms with Crippen molar-refractivity contribution >= 4 is 69.6 Å². The van der Waals surface area contributed by atoms with E-state index in [9.17, 15) is 35.1 Å². The van der Waals surface area contributed by atoms with Crippen LogP contribution in [-0.2, 0) is 0 Å². The summed E-state index contributed by atoms with van der Waals surface area (Å²) in [6, 6.07) is 0. The highest BCUT2D eigenvalue weighted by Crippen LogP contribution is 2.46. The van der Waals surface area contributed by atoms with Gasteiger partial charge in [-0.1, -0.05) is 69.6 Å². The van der Waals surface area contributed by atoms with Crippen LogP contribution in [0.4, 0.5) is 35.1 Å². The highest BCUT2D eigenvalue weighted by atomic mass is 35.6. The summed E-state index contributed by atoms with van der Waals surface area (Å²) < 4.78 is 97.6. The second-order valence-corrected chi connectivity index (χ2v) is 9.06. The van der Waals surface area contributed by atoms with Gasteiger partial charge in [0.15, 0.2) is 13.6 Å². The molecule has 0 aliphatic heterocycles. The van der Waals surface area contributed by atoms with Crippen LogP contribution in [0.2, 0.25) is 0 Å². The fraction of sp³-hybridized carbons (Fsp3) is 1.00. The topological polar surface area (TPSA) is 9.72 Å². The van der Waals surface area contributed by atoms with Crippen molar-refractivity contribution in [1.29, 1.82) is 0 Å². The molecule has 0 bridgehead atoms. The fourth-order valence-corrected chi connectivity index (χ4v) is 2.56. The number of halogens is 14. The summed E-state index contributed by atoms with van der Waals surface area (Å²) in [6.07, 6.45) is -15.7. The van der Waals surface area contributed by atoms with E-state index in [4.69, 9.17) is 69.6 Å². The van der Waals surface area contributed by atoms with Crippen molar-refractivity contribution < 1.29 is 35.1 Å². The minimum Gasteiger partial charge on any atom is -0.232 e. The Morgan fingerprint density at radius 3 is 1.28 bits per heavy atom. The highest BCUT2D eigenvalue weighted by molar-refractivity contribution is 6.68. The normalized spacial score (nSPS) is 16.2. The van der Waals surface area contributed by atoms with Gasteiger partial charge in [0.25, 0.3) is 0 Å². The summed E-state index contributed by atoms with van der Waals surface area (Å²) in [4.78, 5) is -2.18. The average molecular weight is 510 g/mol. The number of hydrogen-bond acceptors (Lipinski definition) is 3. The molecule has 0 heterocycles. The molecule has 25 heavy (non-hydrogen) atoms. The number of alkyl halides is 14. The fourth-order valence-electron chi connectivity index (χ4n) is 1.56. The third-order valence-corrected chi connectivity index (χ3v) is 3.29. The van der Waals surface area contributed by atoms with Crippen LogP contribution < -0.4 is 0 Å². The molecule has 0 radical (unpaired) electrons. The summed E-state index contributed by atoms with van der Waals surface area (Å²) >= 11 is 31.7. The second kappa shape index (κ2) is 9.04. The molecule has 0 aliphatic carbocycles. The zero-order chi connectivity index (χ0) is 20.4. The summed E-state index contributed by atoms with van der Waals surface area (Å²) in [7, 11) is 0. The first kappa shape index (κ1) is 26.1. The molecule has 0 aromatic rings. The van der Waals surface area contributed by atoms with Crippen LogP contribution in [0.5, 0.6) is 0 Å². The number of rotatable bonds is 6. The quantitative estimate of drug-likeness (QED) is 0.148. The zero-order valence-corrected chi connectivity index (χ0v) is 15.9. The van der Waals surface area contributed by atoms with Crippen molar-refractivity contribution in [3.05, 3.63) is 0 Å². The maximum Gasteiger partial charge on any atom is 0.468 e. The van der Waals surface area contributed by atoms with E-state index in [0.29, 0.717) is 0 Å². The van der Waals surface area contributed by atoms with Gasteiger partial charge >= 0.3 is 12.6 Å². The lowest BCUT2D eigenvalue weighted by Crippen LogP contribution is -2.68.